The minimum absolute atomic E-state index is 0.246. The molecule has 3 heterocycles. The van der Waals surface area contributed by atoms with E-state index in [9.17, 15) is 14.0 Å². The summed E-state index contributed by atoms with van der Waals surface area (Å²) in [6.07, 6.45) is 1.42. The number of hydrogen-bond acceptors (Lipinski definition) is 6. The summed E-state index contributed by atoms with van der Waals surface area (Å²) in [6, 6.07) is 11.5. The van der Waals surface area contributed by atoms with Gasteiger partial charge >= 0.3 is 5.97 Å². The van der Waals surface area contributed by atoms with Crippen LogP contribution in [0.15, 0.2) is 48.7 Å². The van der Waals surface area contributed by atoms with Gasteiger partial charge in [0.25, 0.3) is 5.91 Å². The van der Waals surface area contributed by atoms with Crippen LogP contribution in [-0.4, -0.2) is 64.3 Å². The maximum atomic E-state index is 13.1. The number of aryl methyl sites for hydroxylation is 2. The third kappa shape index (κ3) is 4.77. The maximum Gasteiger partial charge on any atom is 0.340 e. The van der Waals surface area contributed by atoms with Crippen LogP contribution in [0.5, 0.6) is 0 Å². The highest BCUT2D eigenvalue weighted by atomic mass is 19.1. The maximum absolute atomic E-state index is 13.1. The molecule has 1 amide bonds. The van der Waals surface area contributed by atoms with Crippen molar-refractivity contribution in [2.75, 3.05) is 37.7 Å². The Labute approximate surface area is 185 Å². The summed E-state index contributed by atoms with van der Waals surface area (Å²) >= 11 is 0. The van der Waals surface area contributed by atoms with Crippen LogP contribution in [0.3, 0.4) is 0 Å². The van der Waals surface area contributed by atoms with Crippen molar-refractivity contribution >= 4 is 17.6 Å². The van der Waals surface area contributed by atoms with Gasteiger partial charge in [0.05, 0.1) is 11.3 Å². The van der Waals surface area contributed by atoms with E-state index in [0.29, 0.717) is 32.0 Å². The van der Waals surface area contributed by atoms with Crippen LogP contribution < -0.4 is 4.90 Å². The van der Waals surface area contributed by atoms with Crippen molar-refractivity contribution < 1.29 is 18.7 Å². The van der Waals surface area contributed by atoms with Gasteiger partial charge < -0.3 is 14.5 Å². The number of hydrogen-bond donors (Lipinski definition) is 0. The molecule has 0 bridgehead atoms. The number of nitrogens with zero attached hydrogens (tertiary/aromatic N) is 5. The summed E-state index contributed by atoms with van der Waals surface area (Å²) in [7, 11) is 0. The molecule has 0 N–H and O–H groups in total. The van der Waals surface area contributed by atoms with Crippen LogP contribution in [0.25, 0.3) is 5.82 Å². The molecule has 0 atom stereocenters. The Bertz CT molecular complexity index is 1100. The topological polar surface area (TPSA) is 80.6 Å². The molecule has 32 heavy (non-hydrogen) atoms. The molecule has 0 unspecified atom stereocenters. The Kier molecular flexibility index (Phi) is 6.16. The molecular weight excluding hydrogens is 413 g/mol. The second kappa shape index (κ2) is 9.17. The Morgan fingerprint density at radius 1 is 1.03 bits per heavy atom. The Morgan fingerprint density at radius 3 is 2.34 bits per heavy atom. The average Bonchev–Trinajstić information content (AvgIpc) is 3.15. The summed E-state index contributed by atoms with van der Waals surface area (Å²) in [5, 5.41) is 4.36. The zero-order chi connectivity index (χ0) is 22.7. The van der Waals surface area contributed by atoms with E-state index in [0.717, 1.165) is 17.1 Å². The van der Waals surface area contributed by atoms with Crippen LogP contribution >= 0.6 is 0 Å². The molecule has 1 saturated heterocycles. The highest BCUT2D eigenvalue weighted by Gasteiger charge is 2.22. The number of piperazine rings is 1. The van der Waals surface area contributed by atoms with E-state index < -0.39 is 5.97 Å². The van der Waals surface area contributed by atoms with Crippen molar-refractivity contribution in [2.45, 2.75) is 13.8 Å². The molecule has 0 radical (unpaired) electrons. The van der Waals surface area contributed by atoms with Gasteiger partial charge in [-0.05, 0) is 56.3 Å². The van der Waals surface area contributed by atoms with Gasteiger partial charge in [0, 0.05) is 43.8 Å². The highest BCUT2D eigenvalue weighted by molar-refractivity contribution is 5.91. The lowest BCUT2D eigenvalue weighted by Gasteiger charge is -2.36. The van der Waals surface area contributed by atoms with E-state index in [1.165, 1.54) is 18.3 Å². The lowest BCUT2D eigenvalue weighted by Crippen LogP contribution is -2.49. The highest BCUT2D eigenvalue weighted by Crippen LogP contribution is 2.17. The third-order valence-corrected chi connectivity index (χ3v) is 5.36. The molecule has 1 aromatic carbocycles. The standard InChI is InChI=1S/C23H24FN5O3/c1-16-13-17(2)29(26-16)21-8-3-18(14-25-21)23(31)32-15-22(30)28-11-9-27(10-12-28)20-6-4-19(24)5-7-20/h3-8,13-14H,9-12,15H2,1-2H3. The number of benzene rings is 1. The number of amides is 1. The number of pyridine rings is 1. The first-order chi connectivity index (χ1) is 15.4. The van der Waals surface area contributed by atoms with Gasteiger partial charge in [-0.3, -0.25) is 4.79 Å². The molecule has 1 fully saturated rings. The molecule has 9 heteroatoms. The van der Waals surface area contributed by atoms with Crippen molar-refractivity contribution in [3.05, 3.63) is 71.4 Å². The third-order valence-electron chi connectivity index (χ3n) is 5.36. The number of esters is 1. The lowest BCUT2D eigenvalue weighted by molar-refractivity contribution is -0.134. The number of aromatic nitrogens is 3. The van der Waals surface area contributed by atoms with Gasteiger partial charge in [0.1, 0.15) is 5.82 Å². The predicted molar refractivity (Wildman–Crippen MR) is 116 cm³/mol. The molecule has 8 nitrogen and oxygen atoms in total. The summed E-state index contributed by atoms with van der Waals surface area (Å²) in [5.41, 5.74) is 3.01. The average molecular weight is 437 g/mol. The van der Waals surface area contributed by atoms with E-state index in [2.05, 4.69) is 15.0 Å². The number of carbonyl (C=O) groups is 2. The molecule has 4 rings (SSSR count). The van der Waals surface area contributed by atoms with Gasteiger partial charge in [0.15, 0.2) is 12.4 Å². The number of halogens is 1. The first-order valence-corrected chi connectivity index (χ1v) is 10.4. The largest absolute Gasteiger partial charge is 0.452 e. The quantitative estimate of drug-likeness (QED) is 0.571. The first-order valence-electron chi connectivity index (χ1n) is 10.4. The van der Waals surface area contributed by atoms with Gasteiger partial charge in [-0.15, -0.1) is 0 Å². The zero-order valence-corrected chi connectivity index (χ0v) is 18.0. The number of rotatable bonds is 5. The van der Waals surface area contributed by atoms with Crippen LogP contribution in [0.4, 0.5) is 10.1 Å². The molecular formula is C23H24FN5O3. The Hall–Kier alpha value is -3.75. The summed E-state index contributed by atoms with van der Waals surface area (Å²) in [6.45, 7) is 5.77. The van der Waals surface area contributed by atoms with Crippen LogP contribution in [0.1, 0.15) is 21.7 Å². The molecule has 2 aromatic heterocycles. The van der Waals surface area contributed by atoms with Crippen molar-refractivity contribution in [3.8, 4) is 5.82 Å². The second-order valence-electron chi connectivity index (χ2n) is 7.66. The van der Waals surface area contributed by atoms with Crippen molar-refractivity contribution in [2.24, 2.45) is 0 Å². The second-order valence-corrected chi connectivity index (χ2v) is 7.66. The van der Waals surface area contributed by atoms with E-state index in [-0.39, 0.29) is 23.9 Å². The van der Waals surface area contributed by atoms with Crippen LogP contribution in [-0.2, 0) is 9.53 Å². The van der Waals surface area contributed by atoms with Gasteiger partial charge in [0.2, 0.25) is 0 Å². The first kappa shape index (κ1) is 21.5. The Morgan fingerprint density at radius 2 is 1.75 bits per heavy atom. The summed E-state index contributed by atoms with van der Waals surface area (Å²) in [5.74, 6) is -0.525. The zero-order valence-electron chi connectivity index (χ0n) is 18.0. The minimum Gasteiger partial charge on any atom is -0.452 e. The van der Waals surface area contributed by atoms with Crippen LogP contribution in [0, 0.1) is 19.7 Å². The fraction of sp³-hybridized carbons (Fsp3) is 0.304. The van der Waals surface area contributed by atoms with Gasteiger partial charge in [-0.1, -0.05) is 0 Å². The van der Waals surface area contributed by atoms with Gasteiger partial charge in [-0.2, -0.15) is 5.10 Å². The molecule has 1 aliphatic heterocycles. The predicted octanol–water partition coefficient (Wildman–Crippen LogP) is 2.53. The van der Waals surface area contributed by atoms with E-state index in [1.807, 2.05) is 19.9 Å². The van der Waals surface area contributed by atoms with Crippen molar-refractivity contribution in [3.63, 3.8) is 0 Å². The van der Waals surface area contributed by atoms with Crippen LogP contribution in [0.2, 0.25) is 0 Å². The van der Waals surface area contributed by atoms with Crippen molar-refractivity contribution in [1.82, 2.24) is 19.7 Å². The molecule has 3 aromatic rings. The lowest BCUT2D eigenvalue weighted by atomic mass is 10.2. The van der Waals surface area contributed by atoms with E-state index >= 15 is 0 Å². The molecule has 0 spiro atoms. The monoisotopic (exact) mass is 437 g/mol. The minimum atomic E-state index is -0.601. The number of ether oxygens (including phenoxy) is 1. The molecule has 166 valence electrons. The fourth-order valence-corrected chi connectivity index (χ4v) is 3.66. The van der Waals surface area contributed by atoms with E-state index in [4.69, 9.17) is 4.74 Å². The SMILES string of the molecule is Cc1cc(C)n(-c2ccc(C(=O)OCC(=O)N3CCN(c4ccc(F)cc4)CC3)cn2)n1. The molecule has 0 saturated carbocycles. The van der Waals surface area contributed by atoms with Crippen molar-refractivity contribution in [1.29, 1.82) is 0 Å². The fourth-order valence-electron chi connectivity index (χ4n) is 3.66. The van der Waals surface area contributed by atoms with Gasteiger partial charge in [-0.25, -0.2) is 18.9 Å². The number of carbonyl (C=O) groups excluding carboxylic acids is 2. The van der Waals surface area contributed by atoms with E-state index in [1.54, 1.807) is 33.8 Å². The molecule has 1 aliphatic rings. The summed E-state index contributed by atoms with van der Waals surface area (Å²) < 4.78 is 20.0. The smallest absolute Gasteiger partial charge is 0.340 e. The number of anilines is 1. The summed E-state index contributed by atoms with van der Waals surface area (Å²) in [4.78, 5) is 32.8. The normalized spacial score (nSPS) is 13.8. The Balaban J connectivity index is 1.27. The molecule has 0 aliphatic carbocycles.